The van der Waals surface area contributed by atoms with E-state index in [1.807, 2.05) is 6.92 Å². The second kappa shape index (κ2) is 7.46. The van der Waals surface area contributed by atoms with Gasteiger partial charge in [0.05, 0.1) is 6.26 Å². The molecule has 5 nitrogen and oxygen atoms in total. The van der Waals surface area contributed by atoms with Gasteiger partial charge in [-0.1, -0.05) is 13.0 Å². The Morgan fingerprint density at radius 2 is 1.92 bits per heavy atom. The van der Waals surface area contributed by atoms with Gasteiger partial charge in [0.25, 0.3) is 0 Å². The summed E-state index contributed by atoms with van der Waals surface area (Å²) in [4.78, 5) is 14.2. The molecule has 1 aliphatic heterocycles. The molecule has 1 amide bonds. The van der Waals surface area contributed by atoms with Crippen LogP contribution in [0.2, 0.25) is 0 Å². The lowest BCUT2D eigenvalue weighted by Gasteiger charge is -2.36. The van der Waals surface area contributed by atoms with E-state index in [1.54, 1.807) is 4.90 Å². The van der Waals surface area contributed by atoms with E-state index in [0.29, 0.717) is 10.8 Å². The van der Waals surface area contributed by atoms with Crippen LogP contribution in [0.3, 0.4) is 0 Å². The number of piperidine rings is 1. The van der Waals surface area contributed by atoms with Gasteiger partial charge in [-0.25, -0.2) is 17.2 Å². The molecule has 1 aromatic rings. The number of benzene rings is 1. The standard InChI is InChI=1S/C16H22F2N2O3S/c1-3-12-7-4-5-10-19(12)15(21)11-20(24(2,22)23)16-13(17)8-6-9-14(16)18/h6,8-9,12H,3-5,7,10-11H2,1-2H3. The fourth-order valence-corrected chi connectivity index (χ4v) is 3.91. The van der Waals surface area contributed by atoms with Gasteiger partial charge in [0.15, 0.2) is 11.6 Å². The van der Waals surface area contributed by atoms with Crippen LogP contribution in [0.1, 0.15) is 32.6 Å². The first-order valence-corrected chi connectivity index (χ1v) is 9.81. The van der Waals surface area contributed by atoms with Crippen LogP contribution >= 0.6 is 0 Å². The lowest BCUT2D eigenvalue weighted by molar-refractivity contribution is -0.133. The number of sulfonamides is 1. The first-order chi connectivity index (χ1) is 11.3. The minimum Gasteiger partial charge on any atom is -0.338 e. The van der Waals surface area contributed by atoms with Crippen molar-refractivity contribution in [2.75, 3.05) is 23.7 Å². The third-order valence-corrected chi connectivity index (χ3v) is 5.40. The molecule has 8 heteroatoms. The summed E-state index contributed by atoms with van der Waals surface area (Å²) in [5, 5.41) is 0. The number of hydrogen-bond donors (Lipinski definition) is 0. The number of para-hydroxylation sites is 1. The maximum Gasteiger partial charge on any atom is 0.243 e. The summed E-state index contributed by atoms with van der Waals surface area (Å²) < 4.78 is 52.6. The molecule has 134 valence electrons. The van der Waals surface area contributed by atoms with Gasteiger partial charge in [0, 0.05) is 12.6 Å². The molecule has 0 spiro atoms. The molecule has 1 unspecified atom stereocenters. The average Bonchev–Trinajstić information content (AvgIpc) is 2.52. The molecule has 1 heterocycles. The lowest BCUT2D eigenvalue weighted by atomic mass is 10.00. The average molecular weight is 360 g/mol. The molecule has 2 rings (SSSR count). The monoisotopic (exact) mass is 360 g/mol. The molecule has 24 heavy (non-hydrogen) atoms. The Labute approximate surface area is 141 Å². The van der Waals surface area contributed by atoms with Crippen molar-refractivity contribution in [1.82, 2.24) is 4.90 Å². The Hall–Kier alpha value is -1.70. The normalized spacial score (nSPS) is 18.5. The zero-order chi connectivity index (χ0) is 17.9. The third-order valence-electron chi connectivity index (χ3n) is 4.28. The second-order valence-corrected chi connectivity index (χ2v) is 7.89. The molecule has 1 atom stereocenters. The summed E-state index contributed by atoms with van der Waals surface area (Å²) in [5.41, 5.74) is -0.710. The largest absolute Gasteiger partial charge is 0.338 e. The summed E-state index contributed by atoms with van der Waals surface area (Å²) in [6.45, 7) is 1.89. The topological polar surface area (TPSA) is 57.7 Å². The van der Waals surface area contributed by atoms with Gasteiger partial charge >= 0.3 is 0 Å². The zero-order valence-corrected chi connectivity index (χ0v) is 14.7. The van der Waals surface area contributed by atoms with Crippen molar-refractivity contribution >= 4 is 21.6 Å². The van der Waals surface area contributed by atoms with Crippen molar-refractivity contribution in [1.29, 1.82) is 0 Å². The van der Waals surface area contributed by atoms with E-state index in [2.05, 4.69) is 0 Å². The quantitative estimate of drug-likeness (QED) is 0.811. The fraction of sp³-hybridized carbons (Fsp3) is 0.562. The van der Waals surface area contributed by atoms with Crippen LogP contribution in [0, 0.1) is 11.6 Å². The highest BCUT2D eigenvalue weighted by atomic mass is 32.2. The Morgan fingerprint density at radius 3 is 2.46 bits per heavy atom. The van der Waals surface area contributed by atoms with Gasteiger partial charge in [0.1, 0.15) is 12.2 Å². The Balaban J connectivity index is 2.32. The molecule has 1 aromatic carbocycles. The maximum atomic E-state index is 14.0. The highest BCUT2D eigenvalue weighted by Crippen LogP contribution is 2.26. The molecule has 1 aliphatic rings. The highest BCUT2D eigenvalue weighted by Gasteiger charge is 2.31. The van der Waals surface area contributed by atoms with Crippen LogP contribution < -0.4 is 4.31 Å². The van der Waals surface area contributed by atoms with E-state index >= 15 is 0 Å². The van der Waals surface area contributed by atoms with Crippen LogP contribution in [-0.2, 0) is 14.8 Å². The number of nitrogens with zero attached hydrogens (tertiary/aromatic N) is 2. The Bertz CT molecular complexity index is 689. The SMILES string of the molecule is CCC1CCCCN1C(=O)CN(c1c(F)cccc1F)S(C)(=O)=O. The van der Waals surface area contributed by atoms with Gasteiger partial charge < -0.3 is 4.90 Å². The molecule has 1 fully saturated rings. The van der Waals surface area contributed by atoms with Crippen molar-refractivity contribution in [3.8, 4) is 0 Å². The van der Waals surface area contributed by atoms with Crippen LogP contribution in [0.5, 0.6) is 0 Å². The predicted molar refractivity (Wildman–Crippen MR) is 88.2 cm³/mol. The van der Waals surface area contributed by atoms with Gasteiger partial charge in [-0.3, -0.25) is 9.10 Å². The zero-order valence-electron chi connectivity index (χ0n) is 13.8. The van der Waals surface area contributed by atoms with E-state index in [0.717, 1.165) is 50.1 Å². The molecule has 0 aliphatic carbocycles. The number of likely N-dealkylation sites (tertiary alicyclic amines) is 1. The van der Waals surface area contributed by atoms with E-state index in [-0.39, 0.29) is 6.04 Å². The molecule has 1 saturated heterocycles. The minimum absolute atomic E-state index is 0.0399. The number of hydrogen-bond acceptors (Lipinski definition) is 3. The number of carbonyl (C=O) groups is 1. The molecule has 0 N–H and O–H groups in total. The smallest absolute Gasteiger partial charge is 0.243 e. The summed E-state index contributed by atoms with van der Waals surface area (Å²) in [6.07, 6.45) is 4.31. The van der Waals surface area contributed by atoms with E-state index in [9.17, 15) is 22.0 Å². The van der Waals surface area contributed by atoms with E-state index < -0.39 is 39.8 Å². The summed E-state index contributed by atoms with van der Waals surface area (Å²) in [5.74, 6) is -2.47. The van der Waals surface area contributed by atoms with Crippen LogP contribution in [-0.4, -0.2) is 44.6 Å². The summed E-state index contributed by atoms with van der Waals surface area (Å²) in [7, 11) is -4.02. The van der Waals surface area contributed by atoms with Crippen molar-refractivity contribution in [3.05, 3.63) is 29.8 Å². The first-order valence-electron chi connectivity index (χ1n) is 7.97. The van der Waals surface area contributed by atoms with Gasteiger partial charge in [-0.2, -0.15) is 0 Å². The fourth-order valence-electron chi connectivity index (χ4n) is 3.06. The molecular formula is C16H22F2N2O3S. The number of amides is 1. The second-order valence-electron chi connectivity index (χ2n) is 5.98. The molecular weight excluding hydrogens is 338 g/mol. The van der Waals surface area contributed by atoms with Crippen molar-refractivity contribution in [2.24, 2.45) is 0 Å². The number of carbonyl (C=O) groups excluding carboxylic acids is 1. The minimum atomic E-state index is -4.02. The molecule has 0 aromatic heterocycles. The van der Waals surface area contributed by atoms with Crippen LogP contribution in [0.25, 0.3) is 0 Å². The van der Waals surface area contributed by atoms with Gasteiger partial charge in [-0.15, -0.1) is 0 Å². The van der Waals surface area contributed by atoms with Crippen molar-refractivity contribution in [3.63, 3.8) is 0 Å². The van der Waals surface area contributed by atoms with E-state index in [4.69, 9.17) is 0 Å². The molecule has 0 saturated carbocycles. The lowest BCUT2D eigenvalue weighted by Crippen LogP contribution is -2.49. The highest BCUT2D eigenvalue weighted by molar-refractivity contribution is 7.92. The Morgan fingerprint density at radius 1 is 1.29 bits per heavy atom. The third kappa shape index (κ3) is 4.03. The first kappa shape index (κ1) is 18.6. The number of anilines is 1. The van der Waals surface area contributed by atoms with Crippen LogP contribution in [0.15, 0.2) is 18.2 Å². The molecule has 0 radical (unpaired) electrons. The van der Waals surface area contributed by atoms with E-state index in [1.165, 1.54) is 0 Å². The van der Waals surface area contributed by atoms with Crippen LogP contribution in [0.4, 0.5) is 14.5 Å². The van der Waals surface area contributed by atoms with Crippen molar-refractivity contribution in [2.45, 2.75) is 38.6 Å². The summed E-state index contributed by atoms with van der Waals surface area (Å²) in [6, 6.07) is 3.13. The number of halogens is 2. The maximum absolute atomic E-state index is 14.0. The number of rotatable bonds is 5. The van der Waals surface area contributed by atoms with Gasteiger partial charge in [0.2, 0.25) is 15.9 Å². The molecule has 0 bridgehead atoms. The van der Waals surface area contributed by atoms with Crippen molar-refractivity contribution < 1.29 is 22.0 Å². The summed E-state index contributed by atoms with van der Waals surface area (Å²) >= 11 is 0. The predicted octanol–water partition coefficient (Wildman–Crippen LogP) is 2.52. The Kier molecular flexibility index (Phi) is 5.79. The van der Waals surface area contributed by atoms with Gasteiger partial charge in [-0.05, 0) is 37.8 Å².